The van der Waals surface area contributed by atoms with Crippen LogP contribution in [0.25, 0.3) is 0 Å². The smallest absolute Gasteiger partial charge is 0.337 e. The molecule has 0 heterocycles. The summed E-state index contributed by atoms with van der Waals surface area (Å²) in [5, 5.41) is 0. The van der Waals surface area contributed by atoms with Crippen LogP contribution in [0.15, 0.2) is 24.3 Å². The maximum absolute atomic E-state index is 12.4. The van der Waals surface area contributed by atoms with Crippen LogP contribution in [0, 0.1) is 29.6 Å². The third-order valence-electron chi connectivity index (χ3n) is 7.24. The van der Waals surface area contributed by atoms with Gasteiger partial charge in [-0.15, -0.1) is 0 Å². The van der Waals surface area contributed by atoms with Gasteiger partial charge in [-0.05, 0) is 55.4 Å². The molecule has 0 N–H and O–H groups in total. The lowest BCUT2D eigenvalue weighted by molar-refractivity contribution is -0.206. The minimum Gasteiger partial charge on any atom is -0.463 e. The summed E-state index contributed by atoms with van der Waals surface area (Å²) < 4.78 is 17.6. The van der Waals surface area contributed by atoms with Gasteiger partial charge in [0.1, 0.15) is 0 Å². The Kier molecular flexibility index (Phi) is 2.23. The van der Waals surface area contributed by atoms with Crippen molar-refractivity contribution in [2.75, 3.05) is 13.3 Å². The molecule has 4 fully saturated rings. The van der Waals surface area contributed by atoms with E-state index < -0.39 is 12.6 Å². The van der Waals surface area contributed by atoms with E-state index in [4.69, 9.17) is 4.74 Å². The highest BCUT2D eigenvalue weighted by atomic mass is 19.1. The minimum absolute atomic E-state index is 0.150. The van der Waals surface area contributed by atoms with Crippen LogP contribution in [-0.4, -0.2) is 19.3 Å². The van der Waals surface area contributed by atoms with E-state index >= 15 is 0 Å². The maximum Gasteiger partial charge on any atom is 0.337 e. The fraction of sp³-hybridized carbons (Fsp3) is 0.632. The number of hydrogen-bond acceptors (Lipinski definition) is 2. The number of benzene rings is 1. The molecule has 5 atom stereocenters. The molecule has 0 amide bonds. The van der Waals surface area contributed by atoms with Crippen LogP contribution < -0.4 is 0 Å². The van der Waals surface area contributed by atoms with Crippen LogP contribution in [0.1, 0.15) is 36.8 Å². The Hall–Kier alpha value is -1.38. The fourth-order valence-electron chi connectivity index (χ4n) is 6.81. The summed E-state index contributed by atoms with van der Waals surface area (Å²) in [6.07, 6.45) is 4.98. The second-order valence-electron chi connectivity index (χ2n) is 8.30. The summed E-state index contributed by atoms with van der Waals surface area (Å²) in [6.45, 7) is 1.56. The first-order chi connectivity index (χ1) is 10.5. The van der Waals surface area contributed by atoms with Crippen LogP contribution in [0.4, 0.5) is 4.39 Å². The predicted molar refractivity (Wildman–Crippen MR) is 80.1 cm³/mol. The van der Waals surface area contributed by atoms with Gasteiger partial charge in [0.15, 0.2) is 6.67 Å². The summed E-state index contributed by atoms with van der Waals surface area (Å²) in [6, 6.07) is 8.99. The number of alkyl halides is 1. The van der Waals surface area contributed by atoms with Gasteiger partial charge < -0.3 is 4.74 Å². The number of carbonyl (C=O) groups excluding carboxylic acids is 1. The van der Waals surface area contributed by atoms with Crippen LogP contribution in [-0.2, 0) is 14.9 Å². The first-order valence-electron chi connectivity index (χ1n) is 8.34. The molecule has 5 rings (SSSR count). The Balaban J connectivity index is 1.43. The van der Waals surface area contributed by atoms with Crippen molar-refractivity contribution in [2.45, 2.75) is 38.0 Å². The summed E-state index contributed by atoms with van der Waals surface area (Å²) in [7, 11) is 0. The van der Waals surface area contributed by atoms with Gasteiger partial charge in [0.05, 0.1) is 6.61 Å². The van der Waals surface area contributed by atoms with Gasteiger partial charge in [0.2, 0.25) is 0 Å². The number of hydrogen-bond donors (Lipinski definition) is 0. The summed E-state index contributed by atoms with van der Waals surface area (Å²) in [5.74, 6) is 0.798. The third-order valence-corrected chi connectivity index (χ3v) is 7.24. The second kappa shape index (κ2) is 3.74. The molecule has 0 radical (unpaired) electrons. The van der Waals surface area contributed by atoms with Gasteiger partial charge in [-0.2, -0.15) is 0 Å². The third kappa shape index (κ3) is 1.30. The van der Waals surface area contributed by atoms with E-state index in [0.717, 1.165) is 12.3 Å². The largest absolute Gasteiger partial charge is 0.463 e. The van der Waals surface area contributed by atoms with E-state index in [9.17, 15) is 9.18 Å². The molecule has 1 spiro atoms. The molecule has 5 unspecified atom stereocenters. The van der Waals surface area contributed by atoms with Crippen molar-refractivity contribution in [1.82, 2.24) is 0 Å². The van der Waals surface area contributed by atoms with Crippen molar-refractivity contribution in [1.29, 1.82) is 0 Å². The Morgan fingerprint density at radius 2 is 2.05 bits per heavy atom. The number of rotatable bonds is 4. The van der Waals surface area contributed by atoms with Crippen LogP contribution in [0.3, 0.4) is 0 Å². The number of esters is 1. The topological polar surface area (TPSA) is 26.3 Å². The first kappa shape index (κ1) is 13.1. The Morgan fingerprint density at radius 3 is 2.77 bits per heavy atom. The monoisotopic (exact) mass is 300 g/mol. The average molecular weight is 300 g/mol. The zero-order valence-corrected chi connectivity index (χ0v) is 12.9. The quantitative estimate of drug-likeness (QED) is 0.795. The fourth-order valence-corrected chi connectivity index (χ4v) is 6.81. The lowest BCUT2D eigenvalue weighted by Crippen LogP contribution is -2.69. The molecule has 4 aliphatic rings. The van der Waals surface area contributed by atoms with Gasteiger partial charge in [0, 0.05) is 10.8 Å². The van der Waals surface area contributed by atoms with Gasteiger partial charge in [-0.3, -0.25) is 0 Å². The zero-order chi connectivity index (χ0) is 15.2. The molecule has 116 valence electrons. The van der Waals surface area contributed by atoms with Crippen LogP contribution in [0.5, 0.6) is 0 Å². The highest BCUT2D eigenvalue weighted by molar-refractivity contribution is 5.70. The maximum atomic E-state index is 12.4. The molecule has 1 aromatic carbocycles. The van der Waals surface area contributed by atoms with Gasteiger partial charge in [-0.1, -0.05) is 29.8 Å². The molecular weight excluding hydrogens is 279 g/mol. The van der Waals surface area contributed by atoms with Gasteiger partial charge >= 0.3 is 5.97 Å². The molecule has 4 aliphatic carbocycles. The van der Waals surface area contributed by atoms with E-state index in [0.29, 0.717) is 23.4 Å². The zero-order valence-electron chi connectivity index (χ0n) is 12.9. The minimum atomic E-state index is -1.00. The van der Waals surface area contributed by atoms with E-state index in [1.165, 1.54) is 30.4 Å². The van der Waals surface area contributed by atoms with Gasteiger partial charge in [-0.25, -0.2) is 9.18 Å². The molecule has 0 bridgehead atoms. The van der Waals surface area contributed by atoms with E-state index in [2.05, 4.69) is 31.2 Å². The second-order valence-corrected chi connectivity index (χ2v) is 8.30. The van der Waals surface area contributed by atoms with Crippen LogP contribution >= 0.6 is 0 Å². The Morgan fingerprint density at radius 1 is 1.27 bits per heavy atom. The van der Waals surface area contributed by atoms with Crippen molar-refractivity contribution in [3.8, 4) is 0 Å². The van der Waals surface area contributed by atoms with E-state index in [-0.39, 0.29) is 5.41 Å². The predicted octanol–water partition coefficient (Wildman–Crippen LogP) is 3.57. The standard InChI is InChI=1S/C19H21FO2/c1-12-2-4-13(5-3-12)19-9-17(11-22-15(21)8-20)6-14-7-18(14,10-19)16(17)19/h2-5,14,16H,6-11H2,1H3. The Bertz CT molecular complexity index is 669. The molecule has 22 heavy (non-hydrogen) atoms. The summed E-state index contributed by atoms with van der Waals surface area (Å²) >= 11 is 0. The summed E-state index contributed by atoms with van der Waals surface area (Å²) in [5.41, 5.74) is 3.78. The first-order valence-corrected chi connectivity index (χ1v) is 8.34. The average Bonchev–Trinajstić information content (AvgIpc) is 3.14. The number of aryl methyl sites for hydroxylation is 1. The number of halogens is 1. The summed E-state index contributed by atoms with van der Waals surface area (Å²) in [4.78, 5) is 11.2. The molecule has 2 nitrogen and oxygen atoms in total. The van der Waals surface area contributed by atoms with Crippen LogP contribution in [0.2, 0.25) is 0 Å². The number of ether oxygens (including phenoxy) is 1. The van der Waals surface area contributed by atoms with Crippen molar-refractivity contribution in [3.05, 3.63) is 35.4 Å². The van der Waals surface area contributed by atoms with Crippen molar-refractivity contribution < 1.29 is 13.9 Å². The number of carbonyl (C=O) groups is 1. The molecule has 0 saturated heterocycles. The SMILES string of the molecule is Cc1ccc(C23CC4(COC(=O)CF)CC5CC5(C2)C43)cc1. The van der Waals surface area contributed by atoms with Gasteiger partial charge in [0.25, 0.3) is 0 Å². The molecule has 1 aromatic rings. The van der Waals surface area contributed by atoms with Crippen molar-refractivity contribution >= 4 is 5.97 Å². The highest BCUT2D eigenvalue weighted by Gasteiger charge is 2.89. The molecule has 3 heteroatoms. The molecular formula is C19H21FO2. The molecule has 0 aliphatic heterocycles. The van der Waals surface area contributed by atoms with Crippen molar-refractivity contribution in [2.24, 2.45) is 22.7 Å². The van der Waals surface area contributed by atoms with Crippen molar-refractivity contribution in [3.63, 3.8) is 0 Å². The molecule has 0 aromatic heterocycles. The highest BCUT2D eigenvalue weighted by Crippen LogP contribution is 2.93. The molecule has 4 saturated carbocycles. The Labute approximate surface area is 130 Å². The van der Waals surface area contributed by atoms with E-state index in [1.54, 1.807) is 0 Å². The lowest BCUT2D eigenvalue weighted by Gasteiger charge is -2.72. The van der Waals surface area contributed by atoms with E-state index in [1.807, 2.05) is 0 Å². The normalized spacial score (nSPS) is 46.1. The lowest BCUT2D eigenvalue weighted by atomic mass is 9.32.